The molecule has 2 aromatic carbocycles. The van der Waals surface area contributed by atoms with E-state index in [1.54, 1.807) is 30.5 Å². The molecule has 0 saturated carbocycles. The van der Waals surface area contributed by atoms with Gasteiger partial charge in [0.1, 0.15) is 12.4 Å². The summed E-state index contributed by atoms with van der Waals surface area (Å²) in [5.74, 6) is 0.0771. The van der Waals surface area contributed by atoms with Crippen LogP contribution in [0.25, 0.3) is 0 Å². The summed E-state index contributed by atoms with van der Waals surface area (Å²) in [5.41, 5.74) is 3.82. The van der Waals surface area contributed by atoms with Crippen LogP contribution in [0.15, 0.2) is 54.7 Å². The summed E-state index contributed by atoms with van der Waals surface area (Å²) in [7, 11) is 0. The van der Waals surface area contributed by atoms with Gasteiger partial charge in [-0.1, -0.05) is 29.5 Å². The molecular weight excluding hydrogens is 440 g/mol. The van der Waals surface area contributed by atoms with E-state index < -0.39 is 5.91 Å². The van der Waals surface area contributed by atoms with Gasteiger partial charge in [0.2, 0.25) is 5.01 Å². The third-order valence-corrected chi connectivity index (χ3v) is 5.66. The number of nitrogens with one attached hydrogen (secondary N) is 3. The molecule has 0 radical (unpaired) electrons. The minimum absolute atomic E-state index is 0.211. The van der Waals surface area contributed by atoms with Crippen LogP contribution < -0.4 is 15.4 Å². The van der Waals surface area contributed by atoms with Crippen LogP contribution in [0.1, 0.15) is 42.0 Å². The van der Waals surface area contributed by atoms with Crippen molar-refractivity contribution in [1.82, 2.24) is 25.7 Å². The molecule has 4 rings (SSSR count). The normalized spacial score (nSPS) is 10.6. The third-order valence-electron chi connectivity index (χ3n) is 4.77. The number of aryl methyl sites for hydroxylation is 2. The second-order valence-corrected chi connectivity index (χ2v) is 8.41. The van der Waals surface area contributed by atoms with Gasteiger partial charge in [0, 0.05) is 29.1 Å². The van der Waals surface area contributed by atoms with Gasteiger partial charge in [0.05, 0.1) is 6.20 Å². The standard InChI is InChI=1S/C23H22N6O3S/c1-14-5-3-8-19(9-14)32-13-20-28-29-23(33-20)22(31)26-18-7-4-6-16(10-18)21(30)24-11-17-12-25-27-15(17)2/h3-10,12H,11,13H2,1-2H3,(H,24,30)(H,25,27)(H,26,31). The Labute approximate surface area is 194 Å². The number of amides is 2. The summed E-state index contributed by atoms with van der Waals surface area (Å²) in [6.07, 6.45) is 1.68. The number of hydrogen-bond acceptors (Lipinski definition) is 7. The van der Waals surface area contributed by atoms with Crippen molar-refractivity contribution in [3.8, 4) is 5.75 Å². The first kappa shape index (κ1) is 22.2. The average Bonchev–Trinajstić information content (AvgIpc) is 3.45. The van der Waals surface area contributed by atoms with Crippen LogP contribution in [-0.2, 0) is 13.2 Å². The van der Waals surface area contributed by atoms with Gasteiger partial charge in [-0.3, -0.25) is 14.7 Å². The fraction of sp³-hybridized carbons (Fsp3) is 0.174. The number of carbonyl (C=O) groups is 2. The number of nitrogens with zero attached hydrogens (tertiary/aromatic N) is 3. The summed E-state index contributed by atoms with van der Waals surface area (Å²) in [6.45, 7) is 4.45. The minimum atomic E-state index is -0.402. The highest BCUT2D eigenvalue weighted by Gasteiger charge is 2.15. The van der Waals surface area contributed by atoms with Gasteiger partial charge in [0.25, 0.3) is 11.8 Å². The molecule has 0 aliphatic rings. The van der Waals surface area contributed by atoms with Crippen molar-refractivity contribution in [2.24, 2.45) is 0 Å². The number of rotatable bonds is 8. The van der Waals surface area contributed by atoms with Crippen LogP contribution in [0.2, 0.25) is 0 Å². The summed E-state index contributed by atoms with van der Waals surface area (Å²) < 4.78 is 5.71. The molecule has 2 amide bonds. The molecule has 9 nitrogen and oxygen atoms in total. The Morgan fingerprint density at radius 1 is 1.06 bits per heavy atom. The van der Waals surface area contributed by atoms with E-state index in [0.717, 1.165) is 33.9 Å². The Bertz CT molecular complexity index is 1280. The molecule has 0 atom stereocenters. The Morgan fingerprint density at radius 2 is 1.91 bits per heavy atom. The highest BCUT2D eigenvalue weighted by Crippen LogP contribution is 2.18. The van der Waals surface area contributed by atoms with Gasteiger partial charge in [-0.25, -0.2) is 0 Å². The zero-order valence-electron chi connectivity index (χ0n) is 18.1. The number of anilines is 1. The number of hydrogen-bond donors (Lipinski definition) is 3. The van der Waals surface area contributed by atoms with E-state index in [-0.39, 0.29) is 17.5 Å². The largest absolute Gasteiger partial charge is 0.486 e. The van der Waals surface area contributed by atoms with Gasteiger partial charge >= 0.3 is 0 Å². The predicted molar refractivity (Wildman–Crippen MR) is 124 cm³/mol. The lowest BCUT2D eigenvalue weighted by Gasteiger charge is -2.07. The molecule has 2 heterocycles. The van der Waals surface area contributed by atoms with E-state index in [4.69, 9.17) is 4.74 Å². The van der Waals surface area contributed by atoms with Crippen LogP contribution >= 0.6 is 11.3 Å². The van der Waals surface area contributed by atoms with E-state index in [9.17, 15) is 9.59 Å². The number of aromatic nitrogens is 4. The van der Waals surface area contributed by atoms with E-state index in [2.05, 4.69) is 31.0 Å². The van der Waals surface area contributed by atoms with Gasteiger partial charge in [-0.15, -0.1) is 10.2 Å². The molecular formula is C23H22N6O3S. The molecule has 0 unspecified atom stereocenters. The van der Waals surface area contributed by atoms with E-state index in [1.165, 1.54) is 0 Å². The molecule has 0 spiro atoms. The average molecular weight is 463 g/mol. The maximum atomic E-state index is 12.6. The summed E-state index contributed by atoms with van der Waals surface area (Å²) in [5, 5.41) is 21.2. The SMILES string of the molecule is Cc1cccc(OCc2nnc(C(=O)Nc3cccc(C(=O)NCc4cn[nH]c4C)c3)s2)c1. The molecule has 0 saturated heterocycles. The zero-order valence-corrected chi connectivity index (χ0v) is 18.9. The van der Waals surface area contributed by atoms with Gasteiger partial charge < -0.3 is 15.4 Å². The van der Waals surface area contributed by atoms with Crippen molar-refractivity contribution in [1.29, 1.82) is 0 Å². The number of H-pyrrole nitrogens is 1. The predicted octanol–water partition coefficient (Wildman–Crippen LogP) is 3.64. The quantitative estimate of drug-likeness (QED) is 0.368. The van der Waals surface area contributed by atoms with Crippen LogP contribution in [0.3, 0.4) is 0 Å². The number of carbonyl (C=O) groups excluding carboxylic acids is 2. The van der Waals surface area contributed by atoms with E-state index in [1.807, 2.05) is 38.1 Å². The summed E-state index contributed by atoms with van der Waals surface area (Å²) in [6, 6.07) is 14.4. The molecule has 0 bridgehead atoms. The second kappa shape index (κ2) is 10.0. The van der Waals surface area contributed by atoms with Crippen molar-refractivity contribution >= 4 is 28.8 Å². The molecule has 4 aromatic rings. The monoisotopic (exact) mass is 462 g/mol. The van der Waals surface area contributed by atoms with E-state index in [0.29, 0.717) is 22.8 Å². The first-order valence-electron chi connectivity index (χ1n) is 10.2. The topological polar surface area (TPSA) is 122 Å². The maximum absolute atomic E-state index is 12.6. The summed E-state index contributed by atoms with van der Waals surface area (Å²) in [4.78, 5) is 25.1. The Balaban J connectivity index is 1.34. The molecule has 0 aliphatic heterocycles. The Hall–Kier alpha value is -4.05. The molecule has 33 heavy (non-hydrogen) atoms. The van der Waals surface area contributed by atoms with Crippen molar-refractivity contribution in [2.75, 3.05) is 5.32 Å². The van der Waals surface area contributed by atoms with Crippen LogP contribution in [0, 0.1) is 13.8 Å². The maximum Gasteiger partial charge on any atom is 0.286 e. The fourth-order valence-electron chi connectivity index (χ4n) is 3.01. The van der Waals surface area contributed by atoms with E-state index >= 15 is 0 Å². The van der Waals surface area contributed by atoms with Gasteiger partial charge in [-0.2, -0.15) is 5.10 Å². The van der Waals surface area contributed by atoms with Crippen molar-refractivity contribution < 1.29 is 14.3 Å². The lowest BCUT2D eigenvalue weighted by atomic mass is 10.1. The van der Waals surface area contributed by atoms with Crippen molar-refractivity contribution in [3.63, 3.8) is 0 Å². The third kappa shape index (κ3) is 5.80. The smallest absolute Gasteiger partial charge is 0.286 e. The van der Waals surface area contributed by atoms with Crippen molar-refractivity contribution in [2.45, 2.75) is 27.0 Å². The molecule has 0 fully saturated rings. The second-order valence-electron chi connectivity index (χ2n) is 7.34. The molecule has 168 valence electrons. The number of ether oxygens (including phenoxy) is 1. The fourth-order valence-corrected chi connectivity index (χ4v) is 3.66. The minimum Gasteiger partial charge on any atom is -0.486 e. The van der Waals surface area contributed by atoms with Crippen LogP contribution in [-0.4, -0.2) is 32.2 Å². The van der Waals surface area contributed by atoms with Crippen molar-refractivity contribution in [3.05, 3.63) is 87.1 Å². The zero-order chi connectivity index (χ0) is 23.2. The number of aromatic amines is 1. The Morgan fingerprint density at radius 3 is 2.70 bits per heavy atom. The first-order valence-corrected chi connectivity index (χ1v) is 11.0. The number of benzene rings is 2. The summed E-state index contributed by atoms with van der Waals surface area (Å²) >= 11 is 1.15. The molecule has 0 aliphatic carbocycles. The van der Waals surface area contributed by atoms with Crippen LogP contribution in [0.5, 0.6) is 5.75 Å². The molecule has 3 N–H and O–H groups in total. The first-order chi connectivity index (χ1) is 16.0. The lowest BCUT2D eigenvalue weighted by Crippen LogP contribution is -2.23. The highest BCUT2D eigenvalue weighted by molar-refractivity contribution is 7.13. The Kier molecular flexibility index (Phi) is 6.75. The van der Waals surface area contributed by atoms with Gasteiger partial charge in [0.15, 0.2) is 5.01 Å². The lowest BCUT2D eigenvalue weighted by molar-refractivity contribution is 0.0949. The highest BCUT2D eigenvalue weighted by atomic mass is 32.1. The molecule has 10 heteroatoms. The van der Waals surface area contributed by atoms with Gasteiger partial charge in [-0.05, 0) is 49.7 Å². The molecule has 2 aromatic heterocycles. The van der Waals surface area contributed by atoms with Crippen LogP contribution in [0.4, 0.5) is 5.69 Å².